The van der Waals surface area contributed by atoms with E-state index in [1.807, 2.05) is 6.07 Å². The lowest BCUT2D eigenvalue weighted by Crippen LogP contribution is -2.78. The van der Waals surface area contributed by atoms with Crippen molar-refractivity contribution in [3.8, 4) is 11.5 Å². The molecule has 1 N–H and O–H groups in total. The molecule has 1 aromatic carbocycles. The Bertz CT molecular complexity index is 1110. The van der Waals surface area contributed by atoms with Crippen LogP contribution in [0.5, 0.6) is 11.5 Å². The maximum Gasteiger partial charge on any atom is 0.308 e. The van der Waals surface area contributed by atoms with E-state index in [0.717, 1.165) is 30.6 Å². The standard InChI is InChI=1S/C26H30N2O6/c1-14(29)33-18-5-4-16-12-19-26(32)9-8-17(28-20(30)6-7-21(28)31)24-25(26,22(16)23(18)34-24)10-11-27(19)13-15-2-3-15/h4-5,15,17,19,24,32H,2-3,6-13H2,1H3/t17-,19+,24+,25+,26-/m1/s1. The summed E-state index contributed by atoms with van der Waals surface area (Å²) >= 11 is 0. The summed E-state index contributed by atoms with van der Waals surface area (Å²) in [6.07, 6.45) is 4.86. The summed E-state index contributed by atoms with van der Waals surface area (Å²) < 4.78 is 12.2. The maximum atomic E-state index is 12.8. The van der Waals surface area contributed by atoms with Crippen molar-refractivity contribution in [2.24, 2.45) is 5.92 Å². The molecule has 0 radical (unpaired) electrons. The van der Waals surface area contributed by atoms with Crippen LogP contribution in [0, 0.1) is 5.92 Å². The molecule has 8 heteroatoms. The van der Waals surface area contributed by atoms with Crippen LogP contribution in [0.3, 0.4) is 0 Å². The van der Waals surface area contributed by atoms with Crippen LogP contribution in [-0.2, 0) is 26.2 Å². The molecular formula is C26H30N2O6. The van der Waals surface area contributed by atoms with Crippen molar-refractivity contribution in [2.75, 3.05) is 13.1 Å². The molecule has 0 unspecified atom stereocenters. The second-order valence-corrected chi connectivity index (χ2v) is 11.1. The fraction of sp³-hybridized carbons (Fsp3) is 0.654. The fourth-order valence-corrected chi connectivity index (χ4v) is 7.91. The van der Waals surface area contributed by atoms with E-state index < -0.39 is 29.1 Å². The summed E-state index contributed by atoms with van der Waals surface area (Å²) in [7, 11) is 0. The number of rotatable bonds is 4. The Hall–Kier alpha value is -2.45. The first kappa shape index (κ1) is 20.9. The Morgan fingerprint density at radius 1 is 1.18 bits per heavy atom. The van der Waals surface area contributed by atoms with Crippen LogP contribution in [0.2, 0.25) is 0 Å². The number of ether oxygens (including phenoxy) is 2. The first-order chi connectivity index (χ1) is 16.3. The van der Waals surface area contributed by atoms with Crippen molar-refractivity contribution in [1.29, 1.82) is 0 Å². The molecule has 2 amide bonds. The lowest BCUT2D eigenvalue weighted by Gasteiger charge is -2.64. The molecule has 3 aliphatic heterocycles. The average molecular weight is 467 g/mol. The lowest BCUT2D eigenvalue weighted by atomic mass is 9.48. The van der Waals surface area contributed by atoms with Gasteiger partial charge in [-0.25, -0.2) is 0 Å². The Labute approximate surface area is 198 Å². The summed E-state index contributed by atoms with van der Waals surface area (Å²) in [6, 6.07) is 3.34. The second-order valence-electron chi connectivity index (χ2n) is 11.1. The minimum atomic E-state index is -1.03. The minimum absolute atomic E-state index is 0.0306. The molecule has 6 aliphatic rings. The van der Waals surface area contributed by atoms with Gasteiger partial charge in [-0.05, 0) is 62.6 Å². The van der Waals surface area contributed by atoms with Gasteiger partial charge in [-0.15, -0.1) is 0 Å². The number of carbonyl (C=O) groups is 3. The van der Waals surface area contributed by atoms with Crippen molar-refractivity contribution in [2.45, 2.75) is 87.5 Å². The minimum Gasteiger partial charge on any atom is -0.483 e. The number of hydrogen-bond donors (Lipinski definition) is 1. The topological polar surface area (TPSA) is 96.4 Å². The molecule has 3 aliphatic carbocycles. The zero-order valence-electron chi connectivity index (χ0n) is 19.4. The highest BCUT2D eigenvalue weighted by molar-refractivity contribution is 6.02. The van der Waals surface area contributed by atoms with Crippen LogP contribution in [0.25, 0.3) is 0 Å². The van der Waals surface area contributed by atoms with E-state index in [9.17, 15) is 19.5 Å². The van der Waals surface area contributed by atoms with Gasteiger partial charge in [-0.2, -0.15) is 0 Å². The number of carbonyl (C=O) groups excluding carboxylic acids is 3. The van der Waals surface area contributed by atoms with Crippen LogP contribution in [-0.4, -0.2) is 69.6 Å². The van der Waals surface area contributed by atoms with Crippen LogP contribution in [0.4, 0.5) is 0 Å². The van der Waals surface area contributed by atoms with Crippen molar-refractivity contribution in [3.63, 3.8) is 0 Å². The number of piperidine rings is 1. The number of esters is 1. The molecule has 0 aromatic heterocycles. The Morgan fingerprint density at radius 2 is 1.94 bits per heavy atom. The van der Waals surface area contributed by atoms with Gasteiger partial charge in [0.1, 0.15) is 6.10 Å². The van der Waals surface area contributed by atoms with Gasteiger partial charge in [0, 0.05) is 37.9 Å². The lowest BCUT2D eigenvalue weighted by molar-refractivity contribution is -0.201. The van der Waals surface area contributed by atoms with E-state index in [0.29, 0.717) is 36.7 Å². The van der Waals surface area contributed by atoms with E-state index in [1.165, 1.54) is 24.7 Å². The highest BCUT2D eigenvalue weighted by Crippen LogP contribution is 2.66. The molecule has 5 atom stereocenters. The molecule has 3 heterocycles. The predicted molar refractivity (Wildman–Crippen MR) is 119 cm³/mol. The highest BCUT2D eigenvalue weighted by atomic mass is 16.6. The quantitative estimate of drug-likeness (QED) is 0.410. The summed E-state index contributed by atoms with van der Waals surface area (Å²) in [5.41, 5.74) is 0.288. The molecule has 1 spiro atoms. The third kappa shape index (κ3) is 2.53. The molecule has 2 bridgehead atoms. The van der Waals surface area contributed by atoms with E-state index in [4.69, 9.17) is 9.47 Å². The van der Waals surface area contributed by atoms with E-state index >= 15 is 0 Å². The third-order valence-corrected chi connectivity index (χ3v) is 9.39. The third-order valence-electron chi connectivity index (χ3n) is 9.39. The number of imide groups is 1. The Kier molecular flexibility index (Phi) is 4.19. The zero-order chi connectivity index (χ0) is 23.4. The van der Waals surface area contributed by atoms with Crippen LogP contribution in [0.15, 0.2) is 12.1 Å². The number of amides is 2. The summed E-state index contributed by atoms with van der Waals surface area (Å²) in [4.78, 5) is 41.3. The molecule has 180 valence electrons. The second kappa shape index (κ2) is 6.82. The van der Waals surface area contributed by atoms with Gasteiger partial charge >= 0.3 is 5.97 Å². The van der Waals surface area contributed by atoms with Crippen LogP contribution >= 0.6 is 0 Å². The van der Waals surface area contributed by atoms with Gasteiger partial charge in [-0.1, -0.05) is 6.07 Å². The van der Waals surface area contributed by atoms with E-state index in [2.05, 4.69) is 4.90 Å². The number of aliphatic hydroxyl groups is 1. The molecule has 7 rings (SSSR count). The predicted octanol–water partition coefficient (Wildman–Crippen LogP) is 1.69. The smallest absolute Gasteiger partial charge is 0.308 e. The van der Waals surface area contributed by atoms with Gasteiger partial charge in [-0.3, -0.25) is 24.2 Å². The number of benzene rings is 1. The number of likely N-dealkylation sites (tertiary alicyclic amines) is 2. The first-order valence-corrected chi connectivity index (χ1v) is 12.7. The van der Waals surface area contributed by atoms with Gasteiger partial charge in [0.25, 0.3) is 0 Å². The van der Waals surface area contributed by atoms with Crippen molar-refractivity contribution >= 4 is 17.8 Å². The largest absolute Gasteiger partial charge is 0.483 e. The molecular weight excluding hydrogens is 436 g/mol. The van der Waals surface area contributed by atoms with E-state index in [-0.39, 0.29) is 30.7 Å². The molecule has 1 aromatic rings. The molecule has 4 fully saturated rings. The molecule has 2 saturated heterocycles. The van der Waals surface area contributed by atoms with Crippen LogP contribution < -0.4 is 9.47 Å². The number of hydrogen-bond acceptors (Lipinski definition) is 7. The van der Waals surface area contributed by atoms with E-state index in [1.54, 1.807) is 6.07 Å². The molecule has 2 saturated carbocycles. The van der Waals surface area contributed by atoms with Crippen molar-refractivity contribution < 1.29 is 29.0 Å². The van der Waals surface area contributed by atoms with Crippen LogP contribution in [0.1, 0.15) is 63.0 Å². The fourth-order valence-electron chi connectivity index (χ4n) is 7.91. The Balaban J connectivity index is 1.40. The molecule has 8 nitrogen and oxygen atoms in total. The highest BCUT2D eigenvalue weighted by Gasteiger charge is 2.74. The van der Waals surface area contributed by atoms with Gasteiger partial charge in [0.2, 0.25) is 11.8 Å². The average Bonchev–Trinajstić information content (AvgIpc) is 3.45. The Morgan fingerprint density at radius 3 is 2.65 bits per heavy atom. The van der Waals surface area contributed by atoms with Gasteiger partial charge in [0.15, 0.2) is 11.5 Å². The molecule has 34 heavy (non-hydrogen) atoms. The number of nitrogens with zero attached hydrogens (tertiary/aromatic N) is 2. The SMILES string of the molecule is CC(=O)Oc1ccc2c3c1O[C@H]1[C@H](N4C(=O)CCC4=O)CC[C@@]4(O)[C@H](C2)N(CC2CC2)CC[C@]314. The normalized spacial score (nSPS) is 38.1. The zero-order valence-corrected chi connectivity index (χ0v) is 19.4. The van der Waals surface area contributed by atoms with Crippen molar-refractivity contribution in [1.82, 2.24) is 9.80 Å². The van der Waals surface area contributed by atoms with Gasteiger partial charge in [0.05, 0.1) is 17.1 Å². The van der Waals surface area contributed by atoms with Crippen molar-refractivity contribution in [3.05, 3.63) is 23.3 Å². The summed E-state index contributed by atoms with van der Waals surface area (Å²) in [6.45, 7) is 3.21. The monoisotopic (exact) mass is 466 g/mol. The maximum absolute atomic E-state index is 12.8. The summed E-state index contributed by atoms with van der Waals surface area (Å²) in [5.74, 6) is 0.834. The first-order valence-electron chi connectivity index (χ1n) is 12.7. The summed E-state index contributed by atoms with van der Waals surface area (Å²) in [5, 5.41) is 12.6. The van der Waals surface area contributed by atoms with Gasteiger partial charge < -0.3 is 14.6 Å².